The molecule has 2 heterocycles. The van der Waals surface area contributed by atoms with Crippen LogP contribution < -0.4 is 11.3 Å². The number of pyridine rings is 1. The van der Waals surface area contributed by atoms with Crippen LogP contribution in [0.15, 0.2) is 72.8 Å². The van der Waals surface area contributed by atoms with Gasteiger partial charge in [0.1, 0.15) is 0 Å². The first-order valence-corrected chi connectivity index (χ1v) is 9.69. The Balaban J connectivity index is 2.06. The molecule has 4 heteroatoms. The fourth-order valence-corrected chi connectivity index (χ4v) is 5.37. The molecule has 0 spiro atoms. The van der Waals surface area contributed by atoms with Crippen LogP contribution in [0.5, 0.6) is 0 Å². The predicted molar refractivity (Wildman–Crippen MR) is 117 cm³/mol. The van der Waals surface area contributed by atoms with Crippen molar-refractivity contribution in [3.8, 4) is 0 Å². The summed E-state index contributed by atoms with van der Waals surface area (Å²) in [6.45, 7) is 0. The number of thiophene rings is 1. The molecule has 2 aromatic heterocycles. The summed E-state index contributed by atoms with van der Waals surface area (Å²) in [5.41, 5.74) is 3.83. The van der Waals surface area contributed by atoms with E-state index in [1.807, 2.05) is 0 Å². The number of anilines is 1. The Labute approximate surface area is 159 Å². The van der Waals surface area contributed by atoms with Crippen LogP contribution in [0, 0.1) is 0 Å². The van der Waals surface area contributed by atoms with Crippen molar-refractivity contribution in [3.63, 3.8) is 0 Å². The fourth-order valence-electron chi connectivity index (χ4n) is 4.21. The topological polar surface area (TPSA) is 50.9 Å². The van der Waals surface area contributed by atoms with E-state index in [1.165, 1.54) is 37.0 Å². The quantitative estimate of drug-likeness (QED) is 0.207. The van der Waals surface area contributed by atoms with Gasteiger partial charge in [-0.1, -0.05) is 66.7 Å². The summed E-state index contributed by atoms with van der Waals surface area (Å²) in [4.78, 5) is 4.97. The van der Waals surface area contributed by atoms with E-state index in [2.05, 4.69) is 78.2 Å². The second-order valence-electron chi connectivity index (χ2n) is 6.72. The zero-order chi connectivity index (χ0) is 18.0. The number of nitrogen functional groups attached to an aromatic ring is 1. The van der Waals surface area contributed by atoms with E-state index < -0.39 is 0 Å². The third-order valence-corrected chi connectivity index (χ3v) is 6.50. The Morgan fingerprint density at radius 3 is 2.00 bits per heavy atom. The molecule has 0 radical (unpaired) electrons. The lowest BCUT2D eigenvalue weighted by atomic mass is 9.94. The highest BCUT2D eigenvalue weighted by atomic mass is 32.1. The van der Waals surface area contributed by atoms with Gasteiger partial charge in [0.25, 0.3) is 0 Å². The Kier molecular flexibility index (Phi) is 2.98. The van der Waals surface area contributed by atoms with Gasteiger partial charge < -0.3 is 5.43 Å². The van der Waals surface area contributed by atoms with Crippen molar-refractivity contribution >= 4 is 69.8 Å². The fraction of sp³-hybridized carbons (Fsp3) is 0. The molecule has 3 nitrogen and oxygen atoms in total. The number of nitrogens with zero attached hydrogens (tertiary/aromatic N) is 1. The van der Waals surface area contributed by atoms with Gasteiger partial charge in [-0.2, -0.15) is 0 Å². The van der Waals surface area contributed by atoms with Gasteiger partial charge in [-0.05, 0) is 22.2 Å². The van der Waals surface area contributed by atoms with E-state index in [-0.39, 0.29) is 0 Å². The van der Waals surface area contributed by atoms with E-state index in [1.54, 1.807) is 11.3 Å². The number of benzene rings is 4. The van der Waals surface area contributed by atoms with Gasteiger partial charge in [0.05, 0.1) is 10.2 Å². The summed E-state index contributed by atoms with van der Waals surface area (Å²) in [6.07, 6.45) is 0. The van der Waals surface area contributed by atoms with Crippen LogP contribution in [-0.2, 0) is 0 Å². The Hall–Kier alpha value is -3.21. The Morgan fingerprint density at radius 2 is 1.26 bits per heavy atom. The summed E-state index contributed by atoms with van der Waals surface area (Å²) < 4.78 is 2.35. The molecule has 27 heavy (non-hydrogen) atoms. The van der Waals surface area contributed by atoms with Crippen LogP contribution in [0.4, 0.5) is 5.82 Å². The van der Waals surface area contributed by atoms with Crippen molar-refractivity contribution in [2.24, 2.45) is 5.84 Å². The number of aromatic nitrogens is 1. The van der Waals surface area contributed by atoms with Gasteiger partial charge in [0.15, 0.2) is 5.82 Å². The van der Waals surface area contributed by atoms with Crippen LogP contribution in [0.2, 0.25) is 0 Å². The molecule has 0 aliphatic heterocycles. The van der Waals surface area contributed by atoms with Crippen molar-refractivity contribution in [1.82, 2.24) is 4.98 Å². The first-order chi connectivity index (χ1) is 13.4. The third-order valence-electron chi connectivity index (χ3n) is 5.33. The molecule has 0 bridgehead atoms. The Morgan fingerprint density at radius 1 is 0.667 bits per heavy atom. The summed E-state index contributed by atoms with van der Waals surface area (Å²) in [7, 11) is 0. The second kappa shape index (κ2) is 5.39. The molecular formula is C23H15N3S. The maximum atomic E-state index is 5.88. The molecule has 128 valence electrons. The largest absolute Gasteiger partial charge is 0.307 e. The van der Waals surface area contributed by atoms with E-state index in [4.69, 9.17) is 10.8 Å². The highest BCUT2D eigenvalue weighted by molar-refractivity contribution is 7.26. The van der Waals surface area contributed by atoms with Gasteiger partial charge in [0.2, 0.25) is 0 Å². The number of hydrogen-bond acceptors (Lipinski definition) is 4. The average Bonchev–Trinajstić information content (AvgIpc) is 3.13. The number of hydrogen-bond donors (Lipinski definition) is 2. The predicted octanol–water partition coefficient (Wildman–Crippen LogP) is 6.19. The lowest BCUT2D eigenvalue weighted by Gasteiger charge is -2.12. The maximum Gasteiger partial charge on any atom is 0.158 e. The van der Waals surface area contributed by atoms with E-state index in [0.29, 0.717) is 0 Å². The van der Waals surface area contributed by atoms with E-state index >= 15 is 0 Å². The highest BCUT2D eigenvalue weighted by Crippen LogP contribution is 2.45. The number of nitrogens with two attached hydrogens (primary N) is 1. The molecule has 0 saturated heterocycles. The molecule has 0 aliphatic rings. The highest BCUT2D eigenvalue weighted by Gasteiger charge is 2.18. The lowest BCUT2D eigenvalue weighted by molar-refractivity contribution is 1.29. The molecule has 0 unspecified atom stereocenters. The molecule has 0 saturated carbocycles. The smallest absolute Gasteiger partial charge is 0.158 e. The van der Waals surface area contributed by atoms with Crippen molar-refractivity contribution in [2.75, 3.05) is 5.43 Å². The molecular weight excluding hydrogens is 350 g/mol. The average molecular weight is 365 g/mol. The zero-order valence-corrected chi connectivity index (χ0v) is 15.2. The van der Waals surface area contributed by atoms with Crippen LogP contribution in [0.3, 0.4) is 0 Å². The zero-order valence-electron chi connectivity index (χ0n) is 14.4. The summed E-state index contributed by atoms with van der Waals surface area (Å²) in [5.74, 6) is 6.61. The van der Waals surface area contributed by atoms with Gasteiger partial charge in [-0.3, -0.25) is 0 Å². The second-order valence-corrected chi connectivity index (χ2v) is 7.77. The van der Waals surface area contributed by atoms with Crippen LogP contribution in [0.25, 0.3) is 52.6 Å². The summed E-state index contributed by atoms with van der Waals surface area (Å²) >= 11 is 1.74. The van der Waals surface area contributed by atoms with Crippen molar-refractivity contribution in [2.45, 2.75) is 0 Å². The molecule has 0 amide bonds. The molecule has 0 aliphatic carbocycles. The molecule has 3 N–H and O–H groups in total. The normalized spacial score (nSPS) is 11.9. The first kappa shape index (κ1) is 14.9. The van der Waals surface area contributed by atoms with Gasteiger partial charge >= 0.3 is 0 Å². The minimum atomic E-state index is 0.735. The Bertz CT molecular complexity index is 1510. The van der Waals surface area contributed by atoms with Crippen LogP contribution >= 0.6 is 11.3 Å². The number of nitrogens with one attached hydrogen (secondary N) is 1. The van der Waals surface area contributed by atoms with Gasteiger partial charge in [-0.15, -0.1) is 11.3 Å². The van der Waals surface area contributed by atoms with Crippen molar-refractivity contribution in [1.29, 1.82) is 0 Å². The van der Waals surface area contributed by atoms with E-state index in [0.717, 1.165) is 21.4 Å². The monoisotopic (exact) mass is 365 g/mol. The van der Waals surface area contributed by atoms with E-state index in [9.17, 15) is 0 Å². The molecule has 0 atom stereocenters. The SMILES string of the molecule is NNc1nc2c3ccccc3c3ccccc3c2c2c1sc1ccccc12. The van der Waals surface area contributed by atoms with Crippen LogP contribution in [0.1, 0.15) is 0 Å². The minimum absolute atomic E-state index is 0.735. The third kappa shape index (κ3) is 1.91. The number of fused-ring (bicyclic) bond motifs is 10. The minimum Gasteiger partial charge on any atom is -0.307 e. The molecule has 6 aromatic rings. The molecule has 4 aromatic carbocycles. The summed E-state index contributed by atoms with van der Waals surface area (Å²) in [5, 5.41) is 8.55. The van der Waals surface area contributed by atoms with Crippen molar-refractivity contribution in [3.05, 3.63) is 72.8 Å². The van der Waals surface area contributed by atoms with Crippen molar-refractivity contribution < 1.29 is 0 Å². The molecule has 0 fully saturated rings. The number of rotatable bonds is 1. The standard InChI is InChI=1S/C23H15N3S/c24-26-23-22-20(17-11-5-6-12-18(17)27-22)19-15-9-3-1-7-13(15)14-8-2-4-10-16(14)21(19)25-23/h1-12H,24H2,(H,25,26). The van der Waals surface area contributed by atoms with Gasteiger partial charge in [0, 0.05) is 26.2 Å². The van der Waals surface area contributed by atoms with Gasteiger partial charge in [-0.25, -0.2) is 10.8 Å². The summed E-state index contributed by atoms with van der Waals surface area (Å²) in [6, 6.07) is 25.6. The first-order valence-electron chi connectivity index (χ1n) is 8.88. The number of hydrazine groups is 1. The molecule has 6 rings (SSSR count). The lowest BCUT2D eigenvalue weighted by Crippen LogP contribution is -2.08. The maximum absolute atomic E-state index is 5.88. The van der Waals surface area contributed by atoms with Crippen LogP contribution in [-0.4, -0.2) is 4.98 Å².